The smallest absolute Gasteiger partial charge is 0.316 e. The van der Waals surface area contributed by atoms with Crippen molar-refractivity contribution in [3.8, 4) is 0 Å². The second-order valence-electron chi connectivity index (χ2n) is 4.87. The van der Waals surface area contributed by atoms with Crippen molar-refractivity contribution >= 4 is 52.0 Å². The zero-order valence-corrected chi connectivity index (χ0v) is 15.3. The number of aliphatic imine (C=N–C) groups is 1. The van der Waals surface area contributed by atoms with Crippen LogP contribution in [-0.4, -0.2) is 29.9 Å². The van der Waals surface area contributed by atoms with Crippen LogP contribution >= 0.6 is 35.0 Å². The van der Waals surface area contributed by atoms with Crippen LogP contribution in [0.15, 0.2) is 34.5 Å². The number of allylic oxidation sites excluding steroid dienone is 1. The normalized spacial score (nSPS) is 17.2. The molecule has 1 aliphatic rings. The van der Waals surface area contributed by atoms with Gasteiger partial charge >= 0.3 is 5.97 Å². The van der Waals surface area contributed by atoms with E-state index in [1.165, 1.54) is 7.11 Å². The van der Waals surface area contributed by atoms with Gasteiger partial charge < -0.3 is 15.8 Å². The van der Waals surface area contributed by atoms with E-state index in [4.69, 9.17) is 28.9 Å². The Morgan fingerprint density at radius 1 is 1.42 bits per heavy atom. The molecule has 0 saturated carbocycles. The maximum absolute atomic E-state index is 11.9. The molecule has 3 N–H and O–H groups in total. The lowest BCUT2D eigenvalue weighted by molar-refractivity contribution is -0.137. The summed E-state index contributed by atoms with van der Waals surface area (Å²) >= 11 is 13.5. The van der Waals surface area contributed by atoms with E-state index >= 15 is 0 Å². The lowest BCUT2D eigenvalue weighted by atomic mass is 9.96. The predicted molar refractivity (Wildman–Crippen MR) is 96.1 cm³/mol. The number of ether oxygens (including phenoxy) is 1. The highest BCUT2D eigenvalue weighted by molar-refractivity contribution is 8.14. The van der Waals surface area contributed by atoms with Crippen LogP contribution in [-0.2, 0) is 14.3 Å². The molecule has 1 aromatic carbocycles. The molecular weight excluding hydrogens is 373 g/mol. The van der Waals surface area contributed by atoms with Crippen molar-refractivity contribution in [1.82, 2.24) is 5.32 Å². The van der Waals surface area contributed by atoms with Crippen molar-refractivity contribution in [3.63, 3.8) is 0 Å². The van der Waals surface area contributed by atoms with Gasteiger partial charge in [0.1, 0.15) is 6.04 Å². The molecule has 0 unspecified atom stereocenters. The number of esters is 1. The van der Waals surface area contributed by atoms with Crippen LogP contribution in [0.3, 0.4) is 0 Å². The van der Waals surface area contributed by atoms with Crippen LogP contribution < -0.4 is 11.1 Å². The summed E-state index contributed by atoms with van der Waals surface area (Å²) in [6.45, 7) is 1.71. The molecule has 9 heteroatoms. The van der Waals surface area contributed by atoms with E-state index in [1.807, 2.05) is 0 Å². The zero-order chi connectivity index (χ0) is 17.9. The van der Waals surface area contributed by atoms with Gasteiger partial charge in [-0.15, -0.1) is 0 Å². The minimum Gasteiger partial charge on any atom is -0.468 e. The summed E-state index contributed by atoms with van der Waals surface area (Å²) < 4.78 is 4.61. The van der Waals surface area contributed by atoms with Gasteiger partial charge in [0.25, 0.3) is 0 Å². The number of nitrogens with one attached hydrogen (secondary N) is 1. The summed E-state index contributed by atoms with van der Waals surface area (Å²) in [5.74, 6) is -0.914. The number of methoxy groups -OCH3 is 1. The van der Waals surface area contributed by atoms with Crippen LogP contribution in [0.4, 0.5) is 0 Å². The van der Waals surface area contributed by atoms with Crippen LogP contribution in [0.2, 0.25) is 10.0 Å². The van der Waals surface area contributed by atoms with Gasteiger partial charge in [-0.25, -0.2) is 4.99 Å². The summed E-state index contributed by atoms with van der Waals surface area (Å²) in [6, 6.07) is 4.39. The summed E-state index contributed by atoms with van der Waals surface area (Å²) in [5, 5.41) is 4.09. The first kappa shape index (κ1) is 18.6. The third kappa shape index (κ3) is 4.03. The molecule has 0 fully saturated rings. The number of amides is 1. The molecule has 24 heavy (non-hydrogen) atoms. The molecule has 0 radical (unpaired) electrons. The number of carbonyl (C=O) groups excluding carboxylic acids is 2. The second-order valence-corrected chi connectivity index (χ2v) is 6.62. The van der Waals surface area contributed by atoms with E-state index in [2.05, 4.69) is 15.0 Å². The maximum atomic E-state index is 11.9. The quantitative estimate of drug-likeness (QED) is 0.774. The zero-order valence-electron chi connectivity index (χ0n) is 12.9. The summed E-state index contributed by atoms with van der Waals surface area (Å²) in [4.78, 5) is 27.6. The molecule has 0 spiro atoms. The fraction of sp³-hybridized carbons (Fsp3) is 0.267. The number of hydrogen-bond donors (Lipinski definition) is 2. The molecule has 0 aromatic heterocycles. The van der Waals surface area contributed by atoms with Gasteiger partial charge in [0.05, 0.1) is 28.5 Å². The molecule has 0 saturated heterocycles. The van der Waals surface area contributed by atoms with E-state index in [0.29, 0.717) is 32.0 Å². The summed E-state index contributed by atoms with van der Waals surface area (Å²) in [7, 11) is 1.31. The maximum Gasteiger partial charge on any atom is 0.316 e. The number of amidine groups is 1. The number of halogens is 2. The molecule has 2 rings (SSSR count). The van der Waals surface area contributed by atoms with E-state index in [9.17, 15) is 9.59 Å². The average Bonchev–Trinajstić information content (AvgIpc) is 2.54. The van der Waals surface area contributed by atoms with E-state index < -0.39 is 11.9 Å². The predicted octanol–water partition coefficient (Wildman–Crippen LogP) is 2.66. The highest BCUT2D eigenvalue weighted by Crippen LogP contribution is 2.38. The van der Waals surface area contributed by atoms with Gasteiger partial charge in [-0.1, -0.05) is 47.1 Å². The third-order valence-electron chi connectivity index (χ3n) is 3.31. The van der Waals surface area contributed by atoms with Crippen molar-refractivity contribution in [2.24, 2.45) is 10.7 Å². The number of nitrogens with two attached hydrogens (primary N) is 1. The number of rotatable bonds is 4. The molecule has 1 amide bonds. The topological polar surface area (TPSA) is 93.8 Å². The second kappa shape index (κ2) is 7.92. The van der Waals surface area contributed by atoms with Crippen molar-refractivity contribution in [3.05, 3.63) is 45.1 Å². The highest BCUT2D eigenvalue weighted by atomic mass is 35.5. The summed E-state index contributed by atoms with van der Waals surface area (Å²) in [5.41, 5.74) is 6.90. The molecule has 1 aromatic rings. The largest absolute Gasteiger partial charge is 0.468 e. The Kier molecular flexibility index (Phi) is 6.15. The van der Waals surface area contributed by atoms with Crippen molar-refractivity contribution in [2.45, 2.75) is 13.0 Å². The number of primary amides is 1. The molecule has 1 atom stereocenters. The Morgan fingerprint density at radius 2 is 2.12 bits per heavy atom. The van der Waals surface area contributed by atoms with E-state index in [0.717, 1.165) is 11.8 Å². The highest BCUT2D eigenvalue weighted by Gasteiger charge is 2.30. The van der Waals surface area contributed by atoms with Gasteiger partial charge in [-0.2, -0.15) is 0 Å². The summed E-state index contributed by atoms with van der Waals surface area (Å²) in [6.07, 6.45) is 0. The molecule has 6 nitrogen and oxygen atoms in total. The van der Waals surface area contributed by atoms with Crippen LogP contribution in [0, 0.1) is 0 Å². The van der Waals surface area contributed by atoms with Gasteiger partial charge in [-0.3, -0.25) is 9.59 Å². The number of thioether (sulfide) groups is 1. The molecule has 0 aliphatic carbocycles. The Labute approximate surface area is 153 Å². The molecular formula is C15H15Cl2N3O3S. The number of benzene rings is 1. The van der Waals surface area contributed by atoms with Crippen LogP contribution in [0.25, 0.3) is 0 Å². The van der Waals surface area contributed by atoms with E-state index in [-0.39, 0.29) is 11.7 Å². The first-order valence-corrected chi connectivity index (χ1v) is 8.58. The Hall–Kier alpha value is -1.70. The fourth-order valence-electron chi connectivity index (χ4n) is 2.18. The fourth-order valence-corrected chi connectivity index (χ4v) is 3.37. The van der Waals surface area contributed by atoms with Gasteiger partial charge in [0.15, 0.2) is 5.17 Å². The number of hydrogen-bond acceptors (Lipinski definition) is 6. The standard InChI is InChI=1S/C15H15Cl2N3O3S/c1-7-11(14(18)22)13(8-4-3-5-9(16)12(8)17)20-15(19-7)24-6-10(21)23-2/h3-5,13H,6H2,1-2H3,(H2,18,22)(H,19,20)/t13-/m0/s1. The molecule has 1 aliphatic heterocycles. The van der Waals surface area contributed by atoms with Crippen molar-refractivity contribution in [1.29, 1.82) is 0 Å². The van der Waals surface area contributed by atoms with Crippen molar-refractivity contribution in [2.75, 3.05) is 12.9 Å². The Morgan fingerprint density at radius 3 is 2.75 bits per heavy atom. The van der Waals surface area contributed by atoms with Crippen LogP contribution in [0.5, 0.6) is 0 Å². The minimum atomic E-state index is -0.699. The first-order chi connectivity index (χ1) is 11.3. The number of nitrogens with zero attached hydrogens (tertiary/aromatic N) is 1. The van der Waals surface area contributed by atoms with Gasteiger partial charge in [0.2, 0.25) is 5.91 Å². The SMILES string of the molecule is COC(=O)CSC1=N[C@@H](c2cccc(Cl)c2Cl)C(C(N)=O)=C(C)N1. The number of carbonyl (C=O) groups is 2. The average molecular weight is 388 g/mol. The first-order valence-electron chi connectivity index (χ1n) is 6.84. The molecule has 128 valence electrons. The Bertz CT molecular complexity index is 749. The lowest BCUT2D eigenvalue weighted by Gasteiger charge is -2.25. The molecule has 0 bridgehead atoms. The minimum absolute atomic E-state index is 0.0809. The van der Waals surface area contributed by atoms with Crippen LogP contribution in [0.1, 0.15) is 18.5 Å². The van der Waals surface area contributed by atoms with Gasteiger partial charge in [-0.05, 0) is 13.0 Å². The lowest BCUT2D eigenvalue weighted by Crippen LogP contribution is -2.32. The third-order valence-corrected chi connectivity index (χ3v) is 5.01. The monoisotopic (exact) mass is 387 g/mol. The van der Waals surface area contributed by atoms with Crippen molar-refractivity contribution < 1.29 is 14.3 Å². The van der Waals surface area contributed by atoms with E-state index in [1.54, 1.807) is 25.1 Å². The Balaban J connectivity index is 2.42. The molecule has 1 heterocycles. The van der Waals surface area contributed by atoms with Gasteiger partial charge in [0, 0.05) is 11.3 Å².